The van der Waals surface area contributed by atoms with Crippen molar-refractivity contribution >= 4 is 29.2 Å². The van der Waals surface area contributed by atoms with Crippen LogP contribution in [0.25, 0.3) is 6.08 Å². The summed E-state index contributed by atoms with van der Waals surface area (Å²) in [6.07, 6.45) is 2.92. The molecular formula is C11H12O3S. The average molecular weight is 224 g/mol. The molecule has 0 unspecified atom stereocenters. The third-order valence-corrected chi connectivity index (χ3v) is 2.44. The summed E-state index contributed by atoms with van der Waals surface area (Å²) in [7, 11) is 0. The van der Waals surface area contributed by atoms with Crippen LogP contribution in [0.5, 0.6) is 0 Å². The Morgan fingerprint density at radius 2 is 2.33 bits per heavy atom. The van der Waals surface area contributed by atoms with Crippen molar-refractivity contribution in [3.63, 3.8) is 0 Å². The number of ether oxygens (including phenoxy) is 1. The molecule has 1 heterocycles. The zero-order valence-corrected chi connectivity index (χ0v) is 9.25. The van der Waals surface area contributed by atoms with Gasteiger partial charge in [-0.25, -0.2) is 0 Å². The van der Waals surface area contributed by atoms with E-state index in [4.69, 9.17) is 0 Å². The van der Waals surface area contributed by atoms with Crippen LogP contribution in [0.15, 0.2) is 23.6 Å². The van der Waals surface area contributed by atoms with Crippen LogP contribution in [0.3, 0.4) is 0 Å². The van der Waals surface area contributed by atoms with E-state index >= 15 is 0 Å². The highest BCUT2D eigenvalue weighted by Crippen LogP contribution is 2.10. The van der Waals surface area contributed by atoms with Crippen molar-refractivity contribution in [2.24, 2.45) is 0 Å². The summed E-state index contributed by atoms with van der Waals surface area (Å²) < 4.78 is 4.66. The molecule has 80 valence electrons. The van der Waals surface area contributed by atoms with Gasteiger partial charge in [0.15, 0.2) is 5.78 Å². The molecule has 4 heteroatoms. The highest BCUT2D eigenvalue weighted by atomic mass is 32.1. The lowest BCUT2D eigenvalue weighted by atomic mass is 10.2. The lowest BCUT2D eigenvalue weighted by molar-refractivity contribution is -0.144. The molecule has 0 aromatic carbocycles. The number of allylic oxidation sites excluding steroid dienone is 1. The molecule has 15 heavy (non-hydrogen) atoms. The van der Waals surface area contributed by atoms with Gasteiger partial charge in [0, 0.05) is 4.88 Å². The van der Waals surface area contributed by atoms with Crippen molar-refractivity contribution in [2.45, 2.75) is 13.3 Å². The Bertz CT molecular complexity index is 352. The summed E-state index contributed by atoms with van der Waals surface area (Å²) >= 11 is 1.54. The molecule has 0 aliphatic carbocycles. The van der Waals surface area contributed by atoms with E-state index in [-0.39, 0.29) is 12.2 Å². The zero-order chi connectivity index (χ0) is 11.1. The van der Waals surface area contributed by atoms with Gasteiger partial charge in [0.1, 0.15) is 6.42 Å². The van der Waals surface area contributed by atoms with Gasteiger partial charge in [0.25, 0.3) is 0 Å². The molecule has 0 saturated heterocycles. The maximum absolute atomic E-state index is 11.2. The number of thiophene rings is 1. The van der Waals surface area contributed by atoms with E-state index in [1.165, 1.54) is 17.4 Å². The third kappa shape index (κ3) is 4.56. The summed E-state index contributed by atoms with van der Waals surface area (Å²) in [4.78, 5) is 23.2. The van der Waals surface area contributed by atoms with Gasteiger partial charge < -0.3 is 4.74 Å². The minimum atomic E-state index is -0.474. The maximum Gasteiger partial charge on any atom is 0.313 e. The van der Waals surface area contributed by atoms with Crippen LogP contribution in [-0.4, -0.2) is 18.4 Å². The molecule has 0 bridgehead atoms. The molecule has 3 nitrogen and oxygen atoms in total. The number of esters is 1. The maximum atomic E-state index is 11.2. The summed E-state index contributed by atoms with van der Waals surface area (Å²) in [5.41, 5.74) is 0. The van der Waals surface area contributed by atoms with Crippen molar-refractivity contribution in [1.82, 2.24) is 0 Å². The lowest BCUT2D eigenvalue weighted by Gasteiger charge is -1.97. The number of carbonyl (C=O) groups excluding carboxylic acids is 2. The third-order valence-electron chi connectivity index (χ3n) is 1.60. The van der Waals surface area contributed by atoms with Crippen LogP contribution in [0, 0.1) is 0 Å². The van der Waals surface area contributed by atoms with Crippen molar-refractivity contribution in [3.8, 4) is 0 Å². The van der Waals surface area contributed by atoms with Crippen molar-refractivity contribution in [3.05, 3.63) is 28.5 Å². The Morgan fingerprint density at radius 3 is 2.93 bits per heavy atom. The quantitative estimate of drug-likeness (QED) is 0.438. The summed E-state index contributed by atoms with van der Waals surface area (Å²) in [5, 5.41) is 1.93. The van der Waals surface area contributed by atoms with Crippen LogP contribution in [0.4, 0.5) is 0 Å². The minimum absolute atomic E-state index is 0.185. The lowest BCUT2D eigenvalue weighted by Crippen LogP contribution is -2.08. The van der Waals surface area contributed by atoms with Crippen LogP contribution in [0.2, 0.25) is 0 Å². The summed E-state index contributed by atoms with van der Waals surface area (Å²) in [6.45, 7) is 2.02. The molecule has 0 radical (unpaired) electrons. The fourth-order valence-corrected chi connectivity index (χ4v) is 1.59. The second-order valence-electron chi connectivity index (χ2n) is 2.80. The average Bonchev–Trinajstić information content (AvgIpc) is 2.67. The fraction of sp³-hybridized carbons (Fsp3) is 0.273. The number of ketones is 1. The normalized spacial score (nSPS) is 10.5. The van der Waals surface area contributed by atoms with Crippen LogP contribution in [-0.2, 0) is 14.3 Å². The number of carbonyl (C=O) groups is 2. The Labute approximate surface area is 92.4 Å². The summed E-state index contributed by atoms with van der Waals surface area (Å²) in [6, 6.07) is 3.80. The molecular weight excluding hydrogens is 212 g/mol. The molecule has 0 aliphatic heterocycles. The molecule has 0 fully saturated rings. The van der Waals surface area contributed by atoms with Gasteiger partial charge in [-0.3, -0.25) is 9.59 Å². The number of hydrogen-bond acceptors (Lipinski definition) is 4. The molecule has 1 aromatic heterocycles. The standard InChI is InChI=1S/C11H12O3S/c1-2-14-11(13)8-9(12)5-6-10-4-3-7-15-10/h3-7H,2,8H2,1H3. The van der Waals surface area contributed by atoms with E-state index in [1.807, 2.05) is 17.5 Å². The highest BCUT2D eigenvalue weighted by molar-refractivity contribution is 7.10. The van der Waals surface area contributed by atoms with Crippen LogP contribution < -0.4 is 0 Å². The van der Waals surface area contributed by atoms with Gasteiger partial charge in [-0.05, 0) is 30.5 Å². The second kappa shape index (κ2) is 6.14. The predicted molar refractivity (Wildman–Crippen MR) is 59.6 cm³/mol. The molecule has 0 atom stereocenters. The molecule has 1 aromatic rings. The molecule has 0 aliphatic rings. The molecule has 0 saturated carbocycles. The van der Waals surface area contributed by atoms with Crippen molar-refractivity contribution < 1.29 is 14.3 Å². The fourth-order valence-electron chi connectivity index (χ4n) is 0.974. The first-order valence-corrected chi connectivity index (χ1v) is 5.50. The van der Waals surface area contributed by atoms with Gasteiger partial charge >= 0.3 is 5.97 Å². The van der Waals surface area contributed by atoms with Gasteiger partial charge in [-0.1, -0.05) is 6.07 Å². The van der Waals surface area contributed by atoms with E-state index in [2.05, 4.69) is 4.74 Å². The van der Waals surface area contributed by atoms with Gasteiger partial charge in [-0.2, -0.15) is 0 Å². The van der Waals surface area contributed by atoms with Gasteiger partial charge in [0.05, 0.1) is 6.61 Å². The largest absolute Gasteiger partial charge is 0.466 e. The smallest absolute Gasteiger partial charge is 0.313 e. The monoisotopic (exact) mass is 224 g/mol. The molecule has 0 amide bonds. The number of rotatable bonds is 5. The minimum Gasteiger partial charge on any atom is -0.466 e. The van der Waals surface area contributed by atoms with Crippen LogP contribution in [0.1, 0.15) is 18.2 Å². The van der Waals surface area contributed by atoms with E-state index in [0.717, 1.165) is 4.88 Å². The Morgan fingerprint density at radius 1 is 1.53 bits per heavy atom. The van der Waals surface area contributed by atoms with E-state index in [9.17, 15) is 9.59 Å². The van der Waals surface area contributed by atoms with Crippen LogP contribution >= 0.6 is 11.3 Å². The SMILES string of the molecule is CCOC(=O)CC(=O)C=Cc1cccs1. The van der Waals surface area contributed by atoms with E-state index < -0.39 is 5.97 Å². The van der Waals surface area contributed by atoms with Gasteiger partial charge in [-0.15, -0.1) is 11.3 Å². The first-order chi connectivity index (χ1) is 7.22. The Hall–Kier alpha value is -1.42. The molecule has 1 rings (SSSR count). The zero-order valence-electron chi connectivity index (χ0n) is 8.43. The first kappa shape index (κ1) is 11.7. The van der Waals surface area contributed by atoms with Crippen molar-refractivity contribution in [1.29, 1.82) is 0 Å². The van der Waals surface area contributed by atoms with Crippen molar-refractivity contribution in [2.75, 3.05) is 6.61 Å². The van der Waals surface area contributed by atoms with E-state index in [1.54, 1.807) is 13.0 Å². The second-order valence-corrected chi connectivity index (χ2v) is 3.78. The molecule has 0 spiro atoms. The predicted octanol–water partition coefficient (Wildman–Crippen LogP) is 2.28. The topological polar surface area (TPSA) is 43.4 Å². The summed E-state index contributed by atoms with van der Waals surface area (Å²) in [5.74, 6) is -0.708. The Kier molecular flexibility index (Phi) is 4.77. The molecule has 0 N–H and O–H groups in total. The highest BCUT2D eigenvalue weighted by Gasteiger charge is 2.06. The first-order valence-electron chi connectivity index (χ1n) is 4.62. The van der Waals surface area contributed by atoms with E-state index in [0.29, 0.717) is 6.61 Å². The Balaban J connectivity index is 2.39. The van der Waals surface area contributed by atoms with Gasteiger partial charge in [0.2, 0.25) is 0 Å². The number of hydrogen-bond donors (Lipinski definition) is 0.